The third-order valence-corrected chi connectivity index (χ3v) is 5.32. The molecular formula is C23H25ClN2O4S. The number of halogens is 1. The summed E-state index contributed by atoms with van der Waals surface area (Å²) in [7, 11) is 1.55. The first-order valence-electron chi connectivity index (χ1n) is 10.1. The van der Waals surface area contributed by atoms with E-state index in [1.54, 1.807) is 35.1 Å². The summed E-state index contributed by atoms with van der Waals surface area (Å²) < 4.78 is 16.8. The molecule has 0 bridgehead atoms. The summed E-state index contributed by atoms with van der Waals surface area (Å²) in [4.78, 5) is 16.5. The molecule has 8 heteroatoms. The number of benzene rings is 2. The molecule has 1 amide bonds. The molecule has 0 saturated carbocycles. The summed E-state index contributed by atoms with van der Waals surface area (Å²) in [6.07, 6.45) is 1.74. The van der Waals surface area contributed by atoms with Crippen molar-refractivity contribution in [3.05, 3.63) is 52.7 Å². The predicted molar refractivity (Wildman–Crippen MR) is 127 cm³/mol. The number of carbonyl (C=O) groups excluding carboxylic acids is 1. The Kier molecular flexibility index (Phi) is 7.41. The van der Waals surface area contributed by atoms with E-state index in [1.165, 1.54) is 0 Å². The third-order valence-electron chi connectivity index (χ3n) is 4.70. The van der Waals surface area contributed by atoms with Gasteiger partial charge in [0.15, 0.2) is 16.6 Å². The van der Waals surface area contributed by atoms with Crippen LogP contribution in [0.4, 0.5) is 5.69 Å². The van der Waals surface area contributed by atoms with Crippen LogP contribution in [0.2, 0.25) is 5.02 Å². The topological polar surface area (TPSA) is 51.2 Å². The SMILES string of the molecule is CCOc1ccc(N2C(=S)N(CC)C(=O)/C2=C\c2cc(Cl)cc(OC)c2OCC)cc1. The summed E-state index contributed by atoms with van der Waals surface area (Å²) in [5, 5.41) is 0.884. The quantitative estimate of drug-likeness (QED) is 0.401. The Bertz CT molecular complexity index is 1010. The van der Waals surface area contributed by atoms with E-state index in [9.17, 15) is 4.79 Å². The summed E-state index contributed by atoms with van der Waals surface area (Å²) in [5.74, 6) is 1.57. The first-order valence-corrected chi connectivity index (χ1v) is 10.8. The van der Waals surface area contributed by atoms with Gasteiger partial charge in [-0.15, -0.1) is 0 Å². The van der Waals surface area contributed by atoms with E-state index < -0.39 is 0 Å². The second-order valence-corrected chi connectivity index (χ2v) is 7.38. The van der Waals surface area contributed by atoms with Gasteiger partial charge in [0, 0.05) is 28.9 Å². The number of hydrogen-bond acceptors (Lipinski definition) is 5. The van der Waals surface area contributed by atoms with Gasteiger partial charge in [-0.2, -0.15) is 0 Å². The van der Waals surface area contributed by atoms with Crippen LogP contribution in [0.3, 0.4) is 0 Å². The molecule has 1 fully saturated rings. The van der Waals surface area contributed by atoms with Crippen molar-refractivity contribution < 1.29 is 19.0 Å². The third kappa shape index (κ3) is 4.62. The number of amides is 1. The lowest BCUT2D eigenvalue weighted by Gasteiger charge is -2.20. The van der Waals surface area contributed by atoms with Gasteiger partial charge in [0.25, 0.3) is 5.91 Å². The lowest BCUT2D eigenvalue weighted by atomic mass is 10.1. The van der Waals surface area contributed by atoms with E-state index in [0.29, 0.717) is 52.7 Å². The Hall–Kier alpha value is -2.77. The molecule has 1 saturated heterocycles. The maximum atomic E-state index is 13.2. The minimum absolute atomic E-state index is 0.192. The zero-order chi connectivity index (χ0) is 22.5. The lowest BCUT2D eigenvalue weighted by Crippen LogP contribution is -2.32. The van der Waals surface area contributed by atoms with Crippen molar-refractivity contribution in [2.45, 2.75) is 20.8 Å². The molecule has 31 heavy (non-hydrogen) atoms. The monoisotopic (exact) mass is 460 g/mol. The highest BCUT2D eigenvalue weighted by Gasteiger charge is 2.38. The number of thiocarbonyl (C=S) groups is 1. The standard InChI is InChI=1S/C23H25ClN2O4S/c1-5-25-22(27)19(13-15-12-16(24)14-20(28-4)21(15)30-7-3)26(23(25)31)17-8-10-18(11-9-17)29-6-2/h8-14H,5-7H2,1-4H3/b19-13+. The largest absolute Gasteiger partial charge is 0.494 e. The number of anilines is 1. The molecular weight excluding hydrogens is 436 g/mol. The molecule has 164 valence electrons. The second-order valence-electron chi connectivity index (χ2n) is 6.58. The van der Waals surface area contributed by atoms with Crippen LogP contribution in [-0.4, -0.2) is 42.8 Å². The Morgan fingerprint density at radius 1 is 1.06 bits per heavy atom. The first-order chi connectivity index (χ1) is 14.9. The molecule has 2 aromatic carbocycles. The first kappa shape index (κ1) is 22.9. The molecule has 1 aliphatic rings. The van der Waals surface area contributed by atoms with E-state index in [2.05, 4.69) is 0 Å². The van der Waals surface area contributed by atoms with Gasteiger partial charge >= 0.3 is 0 Å². The predicted octanol–water partition coefficient (Wildman–Crippen LogP) is 5.14. The van der Waals surface area contributed by atoms with Gasteiger partial charge in [0.05, 0.1) is 20.3 Å². The van der Waals surface area contributed by atoms with Gasteiger partial charge in [0.2, 0.25) is 0 Å². The van der Waals surface area contributed by atoms with Crippen molar-refractivity contribution in [2.24, 2.45) is 0 Å². The molecule has 0 aliphatic carbocycles. The summed E-state index contributed by atoms with van der Waals surface area (Å²) in [6, 6.07) is 10.9. The second kappa shape index (κ2) is 10.0. The Morgan fingerprint density at radius 3 is 2.32 bits per heavy atom. The summed E-state index contributed by atoms with van der Waals surface area (Å²) in [5.41, 5.74) is 1.79. The van der Waals surface area contributed by atoms with Crippen molar-refractivity contribution in [3.63, 3.8) is 0 Å². The fourth-order valence-electron chi connectivity index (χ4n) is 3.35. The van der Waals surface area contributed by atoms with Crippen LogP contribution >= 0.6 is 23.8 Å². The molecule has 0 N–H and O–H groups in total. The fourth-order valence-corrected chi connectivity index (χ4v) is 3.98. The van der Waals surface area contributed by atoms with Crippen molar-refractivity contribution in [1.29, 1.82) is 0 Å². The van der Waals surface area contributed by atoms with Crippen LogP contribution in [0.5, 0.6) is 17.2 Å². The molecule has 0 unspecified atom stereocenters. The van der Waals surface area contributed by atoms with Crippen LogP contribution in [0.1, 0.15) is 26.3 Å². The van der Waals surface area contributed by atoms with E-state index >= 15 is 0 Å². The highest BCUT2D eigenvalue weighted by Crippen LogP contribution is 2.38. The Morgan fingerprint density at radius 2 is 1.74 bits per heavy atom. The smallest absolute Gasteiger partial charge is 0.277 e. The summed E-state index contributed by atoms with van der Waals surface area (Å²) in [6.45, 7) is 7.16. The highest BCUT2D eigenvalue weighted by molar-refractivity contribution is 7.80. The number of methoxy groups -OCH3 is 1. The summed E-state index contributed by atoms with van der Waals surface area (Å²) >= 11 is 11.9. The zero-order valence-corrected chi connectivity index (χ0v) is 19.5. The van der Waals surface area contributed by atoms with Crippen molar-refractivity contribution in [1.82, 2.24) is 4.90 Å². The van der Waals surface area contributed by atoms with Gasteiger partial charge in [-0.05, 0) is 69.4 Å². The van der Waals surface area contributed by atoms with Crippen molar-refractivity contribution in [3.8, 4) is 17.2 Å². The van der Waals surface area contributed by atoms with Crippen LogP contribution in [0, 0.1) is 0 Å². The van der Waals surface area contributed by atoms with Gasteiger partial charge in [-0.3, -0.25) is 14.6 Å². The number of ether oxygens (including phenoxy) is 3. The molecule has 0 radical (unpaired) electrons. The molecule has 3 rings (SSSR count). The van der Waals surface area contributed by atoms with E-state index in [4.69, 9.17) is 38.0 Å². The van der Waals surface area contributed by atoms with E-state index in [1.807, 2.05) is 45.0 Å². The lowest BCUT2D eigenvalue weighted by molar-refractivity contribution is -0.122. The van der Waals surface area contributed by atoms with Crippen LogP contribution < -0.4 is 19.1 Å². The van der Waals surface area contributed by atoms with Gasteiger partial charge in [0.1, 0.15) is 11.4 Å². The van der Waals surface area contributed by atoms with E-state index in [0.717, 1.165) is 11.4 Å². The number of rotatable bonds is 8. The molecule has 1 aliphatic heterocycles. The highest BCUT2D eigenvalue weighted by atomic mass is 35.5. The molecule has 0 atom stereocenters. The van der Waals surface area contributed by atoms with Crippen molar-refractivity contribution in [2.75, 3.05) is 31.8 Å². The average Bonchev–Trinajstić information content (AvgIpc) is 2.99. The number of carbonyl (C=O) groups is 1. The van der Waals surface area contributed by atoms with Crippen molar-refractivity contribution >= 4 is 46.6 Å². The van der Waals surface area contributed by atoms with Gasteiger partial charge in [-0.1, -0.05) is 11.6 Å². The Balaban J connectivity index is 2.14. The minimum atomic E-state index is -0.192. The molecule has 1 heterocycles. The van der Waals surface area contributed by atoms with Gasteiger partial charge < -0.3 is 14.2 Å². The van der Waals surface area contributed by atoms with Crippen LogP contribution in [0.25, 0.3) is 6.08 Å². The molecule has 2 aromatic rings. The maximum absolute atomic E-state index is 13.2. The molecule has 0 spiro atoms. The molecule has 6 nitrogen and oxygen atoms in total. The number of nitrogens with zero attached hydrogens (tertiary/aromatic N) is 2. The van der Waals surface area contributed by atoms with Crippen LogP contribution in [-0.2, 0) is 4.79 Å². The maximum Gasteiger partial charge on any atom is 0.277 e. The fraction of sp³-hybridized carbons (Fsp3) is 0.304. The van der Waals surface area contributed by atoms with Crippen LogP contribution in [0.15, 0.2) is 42.1 Å². The Labute approximate surface area is 192 Å². The van der Waals surface area contributed by atoms with Gasteiger partial charge in [-0.25, -0.2) is 0 Å². The van der Waals surface area contributed by atoms with E-state index in [-0.39, 0.29) is 5.91 Å². The number of likely N-dealkylation sites (N-methyl/N-ethyl adjacent to an activating group) is 1. The zero-order valence-electron chi connectivity index (χ0n) is 18.0. The normalized spacial score (nSPS) is 15.1. The minimum Gasteiger partial charge on any atom is -0.494 e. The average molecular weight is 461 g/mol. The number of hydrogen-bond donors (Lipinski definition) is 0. The molecule has 0 aromatic heterocycles.